The Kier molecular flexibility index (Phi) is 5.41. The molecular formula is C17H24N2O3. The monoisotopic (exact) mass is 304 g/mol. The lowest BCUT2D eigenvalue weighted by atomic mass is 9.91. The summed E-state index contributed by atoms with van der Waals surface area (Å²) in [6.07, 6.45) is 1.42. The number of nitrogens with one attached hydrogen (secondary N) is 1. The predicted octanol–water partition coefficient (Wildman–Crippen LogP) is 2.29. The van der Waals surface area contributed by atoms with Crippen molar-refractivity contribution in [3.05, 3.63) is 35.4 Å². The summed E-state index contributed by atoms with van der Waals surface area (Å²) in [5, 5.41) is 12.0. The van der Waals surface area contributed by atoms with Gasteiger partial charge in [-0.2, -0.15) is 0 Å². The summed E-state index contributed by atoms with van der Waals surface area (Å²) in [4.78, 5) is 24.9. The van der Waals surface area contributed by atoms with E-state index in [2.05, 4.69) is 29.6 Å². The van der Waals surface area contributed by atoms with Crippen molar-refractivity contribution in [3.8, 4) is 0 Å². The Hall–Kier alpha value is -2.04. The number of carboxylic acid groups (broad SMARTS) is 1. The minimum absolute atomic E-state index is 0.162. The van der Waals surface area contributed by atoms with Gasteiger partial charge in [0.05, 0.1) is 5.92 Å². The van der Waals surface area contributed by atoms with Gasteiger partial charge in [0.2, 0.25) is 0 Å². The Labute approximate surface area is 131 Å². The second-order valence-corrected chi connectivity index (χ2v) is 6.25. The maximum Gasteiger partial charge on any atom is 0.317 e. The molecule has 5 heteroatoms. The normalized spacial score (nSPS) is 21.5. The molecule has 2 N–H and O–H groups in total. The molecule has 1 heterocycles. The van der Waals surface area contributed by atoms with Crippen LogP contribution in [0.4, 0.5) is 4.79 Å². The van der Waals surface area contributed by atoms with Gasteiger partial charge in [-0.25, -0.2) is 4.79 Å². The van der Waals surface area contributed by atoms with Crippen molar-refractivity contribution < 1.29 is 14.7 Å². The third-order valence-electron chi connectivity index (χ3n) is 4.11. The number of carbonyl (C=O) groups is 2. The lowest BCUT2D eigenvalue weighted by Gasteiger charge is -2.34. The van der Waals surface area contributed by atoms with Gasteiger partial charge in [-0.15, -0.1) is 0 Å². The Morgan fingerprint density at radius 3 is 2.59 bits per heavy atom. The number of carboxylic acids is 1. The number of benzene rings is 1. The van der Waals surface area contributed by atoms with Crippen molar-refractivity contribution in [2.24, 2.45) is 11.8 Å². The Balaban J connectivity index is 1.81. The third kappa shape index (κ3) is 4.48. The fraction of sp³-hybridized carbons (Fsp3) is 0.529. The summed E-state index contributed by atoms with van der Waals surface area (Å²) in [5.41, 5.74) is 2.40. The molecule has 1 aromatic rings. The highest BCUT2D eigenvalue weighted by molar-refractivity contribution is 5.76. The van der Waals surface area contributed by atoms with E-state index in [1.54, 1.807) is 4.90 Å². The van der Waals surface area contributed by atoms with Crippen LogP contribution >= 0.6 is 0 Å². The van der Waals surface area contributed by atoms with Gasteiger partial charge in [-0.1, -0.05) is 36.8 Å². The van der Waals surface area contributed by atoms with E-state index in [0.29, 0.717) is 26.1 Å². The molecule has 0 saturated carbocycles. The summed E-state index contributed by atoms with van der Waals surface area (Å²) in [7, 11) is 0. The van der Waals surface area contributed by atoms with Crippen LogP contribution < -0.4 is 5.32 Å². The van der Waals surface area contributed by atoms with Crippen LogP contribution in [-0.2, 0) is 11.2 Å². The van der Waals surface area contributed by atoms with E-state index in [1.165, 1.54) is 11.1 Å². The van der Waals surface area contributed by atoms with E-state index < -0.39 is 11.9 Å². The van der Waals surface area contributed by atoms with Gasteiger partial charge in [-0.05, 0) is 31.2 Å². The van der Waals surface area contributed by atoms with Gasteiger partial charge < -0.3 is 15.3 Å². The standard InChI is InChI=1S/C17H24N2O3/c1-12-3-5-14(6-4-12)7-8-18-17(22)19-10-13(2)9-15(11-19)16(20)21/h3-6,13,15H,7-11H2,1-2H3,(H,18,22)(H,20,21). The number of aliphatic carboxylic acids is 1. The Morgan fingerprint density at radius 2 is 1.95 bits per heavy atom. The van der Waals surface area contributed by atoms with Crippen LogP contribution in [-0.4, -0.2) is 41.6 Å². The van der Waals surface area contributed by atoms with E-state index in [-0.39, 0.29) is 11.9 Å². The lowest BCUT2D eigenvalue weighted by molar-refractivity contribution is -0.143. The van der Waals surface area contributed by atoms with Gasteiger partial charge in [0.25, 0.3) is 0 Å². The average Bonchev–Trinajstić information content (AvgIpc) is 2.48. The molecule has 22 heavy (non-hydrogen) atoms. The number of rotatable bonds is 4. The molecule has 1 fully saturated rings. The molecule has 1 aliphatic heterocycles. The van der Waals surface area contributed by atoms with Gasteiger partial charge >= 0.3 is 12.0 Å². The number of urea groups is 1. The zero-order valence-corrected chi connectivity index (χ0v) is 13.2. The molecular weight excluding hydrogens is 280 g/mol. The highest BCUT2D eigenvalue weighted by Crippen LogP contribution is 2.21. The molecule has 0 aromatic heterocycles. The first-order chi connectivity index (χ1) is 10.5. The fourth-order valence-electron chi connectivity index (χ4n) is 2.88. The first-order valence-corrected chi connectivity index (χ1v) is 7.77. The molecule has 0 spiro atoms. The Morgan fingerprint density at radius 1 is 1.27 bits per heavy atom. The predicted molar refractivity (Wildman–Crippen MR) is 84.8 cm³/mol. The zero-order chi connectivity index (χ0) is 16.1. The van der Waals surface area contributed by atoms with Crippen LogP contribution in [0.5, 0.6) is 0 Å². The molecule has 1 saturated heterocycles. The maximum absolute atomic E-state index is 12.2. The summed E-state index contributed by atoms with van der Waals surface area (Å²) >= 11 is 0. The van der Waals surface area contributed by atoms with Crippen molar-refractivity contribution >= 4 is 12.0 Å². The Bertz CT molecular complexity index is 527. The number of aryl methyl sites for hydroxylation is 1. The number of carbonyl (C=O) groups excluding carboxylic acids is 1. The number of amides is 2. The van der Waals surface area contributed by atoms with Crippen molar-refractivity contribution in [3.63, 3.8) is 0 Å². The summed E-state index contributed by atoms with van der Waals surface area (Å²) in [6, 6.07) is 8.07. The molecule has 1 aliphatic rings. The van der Waals surface area contributed by atoms with E-state index in [0.717, 1.165) is 6.42 Å². The van der Waals surface area contributed by atoms with Crippen LogP contribution in [0.1, 0.15) is 24.5 Å². The first-order valence-electron chi connectivity index (χ1n) is 7.77. The highest BCUT2D eigenvalue weighted by atomic mass is 16.4. The van der Waals surface area contributed by atoms with Crippen molar-refractivity contribution in [2.75, 3.05) is 19.6 Å². The number of hydrogen-bond acceptors (Lipinski definition) is 2. The molecule has 2 unspecified atom stereocenters. The average molecular weight is 304 g/mol. The van der Waals surface area contributed by atoms with Crippen molar-refractivity contribution in [1.29, 1.82) is 0 Å². The summed E-state index contributed by atoms with van der Waals surface area (Å²) < 4.78 is 0. The smallest absolute Gasteiger partial charge is 0.317 e. The molecule has 2 atom stereocenters. The van der Waals surface area contributed by atoms with Gasteiger partial charge in [0.15, 0.2) is 0 Å². The molecule has 0 radical (unpaired) electrons. The maximum atomic E-state index is 12.2. The number of likely N-dealkylation sites (tertiary alicyclic amines) is 1. The second kappa shape index (κ2) is 7.29. The molecule has 2 amide bonds. The van der Waals surface area contributed by atoms with Gasteiger partial charge in [0.1, 0.15) is 0 Å². The van der Waals surface area contributed by atoms with Crippen LogP contribution in [0.15, 0.2) is 24.3 Å². The van der Waals surface area contributed by atoms with E-state index >= 15 is 0 Å². The molecule has 2 rings (SSSR count). The number of nitrogens with zero attached hydrogens (tertiary/aromatic N) is 1. The SMILES string of the molecule is Cc1ccc(CCNC(=O)N2CC(C)CC(C(=O)O)C2)cc1. The number of hydrogen-bond donors (Lipinski definition) is 2. The molecule has 0 aliphatic carbocycles. The van der Waals surface area contributed by atoms with Crippen LogP contribution in [0, 0.1) is 18.8 Å². The third-order valence-corrected chi connectivity index (χ3v) is 4.11. The van der Waals surface area contributed by atoms with Crippen LogP contribution in [0.3, 0.4) is 0 Å². The van der Waals surface area contributed by atoms with Crippen LogP contribution in [0.25, 0.3) is 0 Å². The van der Waals surface area contributed by atoms with E-state index in [9.17, 15) is 9.59 Å². The van der Waals surface area contributed by atoms with E-state index in [1.807, 2.05) is 13.8 Å². The molecule has 120 valence electrons. The minimum Gasteiger partial charge on any atom is -0.481 e. The lowest BCUT2D eigenvalue weighted by Crippen LogP contribution is -2.49. The quantitative estimate of drug-likeness (QED) is 0.896. The fourth-order valence-corrected chi connectivity index (χ4v) is 2.88. The zero-order valence-electron chi connectivity index (χ0n) is 13.2. The van der Waals surface area contributed by atoms with Gasteiger partial charge in [-0.3, -0.25) is 4.79 Å². The molecule has 0 bridgehead atoms. The first kappa shape index (κ1) is 16.3. The van der Waals surface area contributed by atoms with Gasteiger partial charge in [0, 0.05) is 19.6 Å². The van der Waals surface area contributed by atoms with E-state index in [4.69, 9.17) is 5.11 Å². The summed E-state index contributed by atoms with van der Waals surface area (Å²) in [5.74, 6) is -1.05. The largest absolute Gasteiger partial charge is 0.481 e. The van der Waals surface area contributed by atoms with Crippen molar-refractivity contribution in [2.45, 2.75) is 26.7 Å². The molecule has 5 nitrogen and oxygen atoms in total. The number of piperidine rings is 1. The summed E-state index contributed by atoms with van der Waals surface area (Å²) in [6.45, 7) is 5.52. The highest BCUT2D eigenvalue weighted by Gasteiger charge is 2.31. The minimum atomic E-state index is -0.816. The molecule has 1 aromatic carbocycles. The van der Waals surface area contributed by atoms with Crippen LogP contribution in [0.2, 0.25) is 0 Å². The second-order valence-electron chi connectivity index (χ2n) is 6.25. The topological polar surface area (TPSA) is 69.6 Å². The van der Waals surface area contributed by atoms with Crippen molar-refractivity contribution in [1.82, 2.24) is 10.2 Å².